The molecule has 0 spiro atoms. The highest BCUT2D eigenvalue weighted by Gasteiger charge is 2.28. The van der Waals surface area contributed by atoms with Crippen molar-refractivity contribution in [2.75, 3.05) is 6.61 Å². The van der Waals surface area contributed by atoms with Crippen LogP contribution in [0.4, 0.5) is 0 Å². The summed E-state index contributed by atoms with van der Waals surface area (Å²) in [6.07, 6.45) is 6.66. The van der Waals surface area contributed by atoms with Crippen molar-refractivity contribution >= 4 is 5.97 Å². The van der Waals surface area contributed by atoms with E-state index in [-0.39, 0.29) is 18.1 Å². The van der Waals surface area contributed by atoms with Crippen molar-refractivity contribution < 1.29 is 14.3 Å². The first-order valence-electron chi connectivity index (χ1n) is 7.26. The highest BCUT2D eigenvalue weighted by Crippen LogP contribution is 2.22. The highest BCUT2D eigenvalue weighted by molar-refractivity contribution is 5.74. The predicted octanol–water partition coefficient (Wildman–Crippen LogP) is 2.39. The third-order valence-electron chi connectivity index (χ3n) is 3.44. The Morgan fingerprint density at radius 2 is 2.00 bits per heavy atom. The topological polar surface area (TPSA) is 61.5 Å². The second kappa shape index (κ2) is 8.48. The maximum absolute atomic E-state index is 11.8. The van der Waals surface area contributed by atoms with Crippen LogP contribution < -0.4 is 5.73 Å². The smallest absolute Gasteiger partial charge is 0.335 e. The molecular weight excluding hydrogens is 230 g/mol. The van der Waals surface area contributed by atoms with E-state index in [0.717, 1.165) is 25.7 Å². The Labute approximate surface area is 110 Å². The van der Waals surface area contributed by atoms with Gasteiger partial charge in [-0.15, -0.1) is 0 Å². The van der Waals surface area contributed by atoms with Gasteiger partial charge in [0.05, 0.1) is 12.7 Å². The zero-order chi connectivity index (χ0) is 13.4. The molecule has 0 bridgehead atoms. The van der Waals surface area contributed by atoms with E-state index >= 15 is 0 Å². The van der Waals surface area contributed by atoms with Gasteiger partial charge in [-0.2, -0.15) is 0 Å². The Balaban J connectivity index is 2.54. The molecule has 1 saturated carbocycles. The summed E-state index contributed by atoms with van der Waals surface area (Å²) in [7, 11) is 0. The number of esters is 1. The summed E-state index contributed by atoms with van der Waals surface area (Å²) < 4.78 is 11.0. The lowest BCUT2D eigenvalue weighted by atomic mass is 10.1. The van der Waals surface area contributed by atoms with E-state index in [9.17, 15) is 4.79 Å². The van der Waals surface area contributed by atoms with Gasteiger partial charge in [0, 0.05) is 6.04 Å². The molecule has 4 heteroatoms. The second-order valence-electron chi connectivity index (χ2n) is 5.01. The van der Waals surface area contributed by atoms with Crippen LogP contribution in [-0.2, 0) is 14.3 Å². The van der Waals surface area contributed by atoms with Crippen molar-refractivity contribution in [3.05, 3.63) is 0 Å². The van der Waals surface area contributed by atoms with Gasteiger partial charge in [-0.3, -0.25) is 0 Å². The SMILES string of the molecule is CCCC(OC1CCCCCC1N)C(=O)OCC. The van der Waals surface area contributed by atoms with Crippen LogP contribution in [-0.4, -0.2) is 30.8 Å². The summed E-state index contributed by atoms with van der Waals surface area (Å²) in [5, 5.41) is 0. The van der Waals surface area contributed by atoms with Gasteiger partial charge in [0.1, 0.15) is 0 Å². The molecule has 0 saturated heterocycles. The zero-order valence-electron chi connectivity index (χ0n) is 11.7. The summed E-state index contributed by atoms with van der Waals surface area (Å²) in [6, 6.07) is 0.0567. The molecule has 1 aliphatic carbocycles. The van der Waals surface area contributed by atoms with Crippen LogP contribution in [0.15, 0.2) is 0 Å². The highest BCUT2D eigenvalue weighted by atomic mass is 16.6. The molecule has 0 amide bonds. The molecule has 0 aromatic carbocycles. The van der Waals surface area contributed by atoms with Crippen LogP contribution in [0.2, 0.25) is 0 Å². The average molecular weight is 257 g/mol. The number of carbonyl (C=O) groups excluding carboxylic acids is 1. The first-order valence-corrected chi connectivity index (χ1v) is 7.26. The van der Waals surface area contributed by atoms with Crippen LogP contribution in [0, 0.1) is 0 Å². The van der Waals surface area contributed by atoms with Crippen LogP contribution in [0.5, 0.6) is 0 Å². The van der Waals surface area contributed by atoms with E-state index in [1.165, 1.54) is 12.8 Å². The third kappa shape index (κ3) is 4.94. The van der Waals surface area contributed by atoms with Gasteiger partial charge in [0.2, 0.25) is 0 Å². The molecule has 0 heterocycles. The molecule has 0 radical (unpaired) electrons. The molecule has 1 aliphatic rings. The number of nitrogens with two attached hydrogens (primary N) is 1. The molecular formula is C14H27NO3. The van der Waals surface area contributed by atoms with Gasteiger partial charge in [-0.25, -0.2) is 4.79 Å². The van der Waals surface area contributed by atoms with E-state index in [1.54, 1.807) is 0 Å². The van der Waals surface area contributed by atoms with Crippen molar-refractivity contribution in [1.29, 1.82) is 0 Å². The lowest BCUT2D eigenvalue weighted by Crippen LogP contribution is -2.41. The van der Waals surface area contributed by atoms with Crippen molar-refractivity contribution in [2.24, 2.45) is 5.73 Å². The normalized spacial score (nSPS) is 26.4. The molecule has 0 aromatic heterocycles. The lowest BCUT2D eigenvalue weighted by molar-refractivity contribution is -0.162. The lowest BCUT2D eigenvalue weighted by Gasteiger charge is -2.26. The molecule has 3 unspecified atom stereocenters. The minimum atomic E-state index is -0.441. The van der Waals surface area contributed by atoms with Gasteiger partial charge >= 0.3 is 5.97 Å². The zero-order valence-corrected chi connectivity index (χ0v) is 11.7. The van der Waals surface area contributed by atoms with Crippen LogP contribution in [0.1, 0.15) is 58.8 Å². The predicted molar refractivity (Wildman–Crippen MR) is 71.3 cm³/mol. The van der Waals surface area contributed by atoms with Gasteiger partial charge in [0.25, 0.3) is 0 Å². The summed E-state index contributed by atoms with van der Waals surface area (Å²) in [4.78, 5) is 11.8. The van der Waals surface area contributed by atoms with Gasteiger partial charge < -0.3 is 15.2 Å². The Bertz CT molecular complexity index is 245. The van der Waals surface area contributed by atoms with E-state index in [1.807, 2.05) is 13.8 Å². The molecule has 106 valence electrons. The summed E-state index contributed by atoms with van der Waals surface area (Å²) >= 11 is 0. The van der Waals surface area contributed by atoms with Gasteiger partial charge in [-0.1, -0.05) is 32.6 Å². The summed E-state index contributed by atoms with van der Waals surface area (Å²) in [5.74, 6) is -0.240. The molecule has 18 heavy (non-hydrogen) atoms. The van der Waals surface area contributed by atoms with Crippen LogP contribution >= 0.6 is 0 Å². The number of rotatable bonds is 6. The molecule has 0 aliphatic heterocycles. The first-order chi connectivity index (χ1) is 8.69. The largest absolute Gasteiger partial charge is 0.464 e. The van der Waals surface area contributed by atoms with Crippen molar-refractivity contribution in [1.82, 2.24) is 0 Å². The fourth-order valence-corrected chi connectivity index (χ4v) is 2.42. The molecule has 1 fully saturated rings. The maximum Gasteiger partial charge on any atom is 0.335 e. The Morgan fingerprint density at radius 3 is 2.67 bits per heavy atom. The standard InChI is InChI=1S/C14H27NO3/c1-3-8-13(14(16)17-4-2)18-12-10-7-5-6-9-11(12)15/h11-13H,3-10,15H2,1-2H3. The quantitative estimate of drug-likeness (QED) is 0.586. The number of hydrogen-bond acceptors (Lipinski definition) is 4. The molecule has 3 atom stereocenters. The Kier molecular flexibility index (Phi) is 7.28. The van der Waals surface area contributed by atoms with Crippen molar-refractivity contribution in [3.8, 4) is 0 Å². The molecule has 2 N–H and O–H groups in total. The van der Waals surface area contributed by atoms with Crippen molar-refractivity contribution in [2.45, 2.75) is 77.0 Å². The first kappa shape index (κ1) is 15.4. The van der Waals surface area contributed by atoms with E-state index < -0.39 is 6.10 Å². The minimum absolute atomic E-state index is 0.00783. The summed E-state index contributed by atoms with van der Waals surface area (Å²) in [5.41, 5.74) is 6.12. The third-order valence-corrected chi connectivity index (χ3v) is 3.44. The van der Waals surface area contributed by atoms with Crippen LogP contribution in [0.3, 0.4) is 0 Å². The van der Waals surface area contributed by atoms with Crippen LogP contribution in [0.25, 0.3) is 0 Å². The molecule has 0 aromatic rings. The number of hydrogen-bond donors (Lipinski definition) is 1. The molecule has 4 nitrogen and oxygen atoms in total. The number of carbonyl (C=O) groups is 1. The summed E-state index contributed by atoms with van der Waals surface area (Å²) in [6.45, 7) is 4.26. The second-order valence-corrected chi connectivity index (χ2v) is 5.01. The fraction of sp³-hybridized carbons (Fsp3) is 0.929. The van der Waals surface area contributed by atoms with Gasteiger partial charge in [-0.05, 0) is 26.2 Å². The van der Waals surface area contributed by atoms with Crippen molar-refractivity contribution in [3.63, 3.8) is 0 Å². The molecule has 1 rings (SSSR count). The minimum Gasteiger partial charge on any atom is -0.464 e. The number of ether oxygens (including phenoxy) is 2. The van der Waals surface area contributed by atoms with E-state index in [2.05, 4.69) is 0 Å². The van der Waals surface area contributed by atoms with Gasteiger partial charge in [0.15, 0.2) is 6.10 Å². The Morgan fingerprint density at radius 1 is 1.28 bits per heavy atom. The van der Waals surface area contributed by atoms with E-state index in [0.29, 0.717) is 13.0 Å². The fourth-order valence-electron chi connectivity index (χ4n) is 2.42. The maximum atomic E-state index is 11.8. The monoisotopic (exact) mass is 257 g/mol. The van der Waals surface area contributed by atoms with E-state index in [4.69, 9.17) is 15.2 Å². The Hall–Kier alpha value is -0.610. The average Bonchev–Trinajstić information content (AvgIpc) is 2.54.